The minimum atomic E-state index is -4.69. The van der Waals surface area contributed by atoms with Crippen molar-refractivity contribution in [1.82, 2.24) is 0 Å². The summed E-state index contributed by atoms with van der Waals surface area (Å²) in [6.45, 7) is 0. The van der Waals surface area contributed by atoms with Crippen LogP contribution in [0.1, 0.15) is 25.7 Å². The van der Waals surface area contributed by atoms with Gasteiger partial charge in [-0.1, -0.05) is 12.8 Å². The molecule has 0 bridgehead atoms. The van der Waals surface area contributed by atoms with Crippen molar-refractivity contribution in [3.8, 4) is 0 Å². The van der Waals surface area contributed by atoms with Gasteiger partial charge in [0.15, 0.2) is 0 Å². The molecular weight excluding hydrogens is 457 g/mol. The van der Waals surface area contributed by atoms with Crippen molar-refractivity contribution >= 4 is 23.5 Å². The molecule has 1 N–H and O–H groups in total. The van der Waals surface area contributed by atoms with E-state index in [1.54, 1.807) is 0 Å². The summed E-state index contributed by atoms with van der Waals surface area (Å²) in [6, 6.07) is 0. The Hall–Kier alpha value is 1.57. The summed E-state index contributed by atoms with van der Waals surface area (Å²) < 4.78 is 32.7. The topological polar surface area (TPSA) is 89.4 Å². The van der Waals surface area contributed by atoms with Gasteiger partial charge in [0.2, 0.25) is 0 Å². The van der Waals surface area contributed by atoms with Gasteiger partial charge in [0, 0.05) is 22.4 Å². The summed E-state index contributed by atoms with van der Waals surface area (Å²) in [5, 5.41) is 0. The van der Waals surface area contributed by atoms with Crippen LogP contribution in [0, 0.1) is 21.7 Å². The average Bonchev–Trinajstić information content (AvgIpc) is 2.81. The maximum Gasteiger partial charge on any atom is 0.0777 e. The largest absolute Gasteiger partial charge is 0.351 e. The van der Waals surface area contributed by atoms with E-state index in [1.807, 2.05) is 23.5 Å². The van der Waals surface area contributed by atoms with Crippen molar-refractivity contribution in [3.05, 3.63) is 11.5 Å². The first kappa shape index (κ1) is 19.9. The number of hydrogen-bond acceptors (Lipinski definition) is 6. The minimum Gasteiger partial charge on any atom is -0.351 e. The van der Waals surface area contributed by atoms with E-state index in [4.69, 9.17) is 18.6 Å². The zero-order chi connectivity index (χ0) is 11.6. The van der Waals surface area contributed by atoms with Crippen LogP contribution in [0.2, 0.25) is 0 Å². The van der Waals surface area contributed by atoms with E-state index in [1.165, 1.54) is 37.2 Å². The van der Waals surface area contributed by atoms with E-state index < -0.39 is 10.2 Å². The Morgan fingerprint density at radius 1 is 0.938 bits per heavy atom. The molecule has 0 atom stereocenters. The van der Waals surface area contributed by atoms with Gasteiger partial charge in [-0.3, -0.25) is 11.5 Å². The third-order valence-electron chi connectivity index (χ3n) is 1.40. The molecule has 1 radical (unpaired) electrons. The van der Waals surface area contributed by atoms with Gasteiger partial charge in [0.25, 0.3) is 0 Å². The second kappa shape index (κ2) is 13.0. The number of halogens is 1. The summed E-state index contributed by atoms with van der Waals surface area (Å²) in [4.78, 5) is 0. The van der Waals surface area contributed by atoms with Crippen LogP contribution in [0.4, 0.5) is 0 Å². The van der Waals surface area contributed by atoms with Gasteiger partial charge < -0.3 is 23.5 Å². The summed E-state index contributed by atoms with van der Waals surface area (Å²) in [7, 11) is -4.69. The Kier molecular flexibility index (Phi) is 16.2. The van der Waals surface area contributed by atoms with Gasteiger partial charge in [-0.25, -0.2) is 0 Å². The van der Waals surface area contributed by atoms with Crippen LogP contribution in [0.5, 0.6) is 0 Å². The number of rotatable bonds is 0. The molecule has 2 saturated heterocycles. The zero-order valence-electron chi connectivity index (χ0n) is 8.57. The number of hydrogen-bond donors (Lipinski definition) is 1. The van der Waals surface area contributed by atoms with Gasteiger partial charge in [-0.05, 0) is 11.5 Å². The fourth-order valence-electron chi connectivity index (χ4n) is 0.833. The van der Waals surface area contributed by atoms with E-state index in [9.17, 15) is 0 Å². The normalized spacial score (nSPS) is 18.8. The minimum absolute atomic E-state index is 0. The van der Waals surface area contributed by atoms with Crippen molar-refractivity contribution < 1.29 is 51.3 Å². The van der Waals surface area contributed by atoms with Gasteiger partial charge in [-0.15, -0.1) is 0 Å². The summed E-state index contributed by atoms with van der Waals surface area (Å²) in [6.07, 6.45) is 5.49. The molecule has 0 amide bonds. The van der Waals surface area contributed by atoms with Crippen LogP contribution >= 0.6 is 23.5 Å². The van der Waals surface area contributed by atoms with Gasteiger partial charge in [0.1, 0.15) is 0 Å². The van der Waals surface area contributed by atoms with Crippen molar-refractivity contribution in [2.45, 2.75) is 25.7 Å². The van der Waals surface area contributed by atoms with Crippen molar-refractivity contribution in [1.29, 1.82) is 0 Å². The molecule has 2 heterocycles. The van der Waals surface area contributed by atoms with E-state index in [2.05, 4.69) is 11.5 Å². The van der Waals surface area contributed by atoms with Crippen molar-refractivity contribution in [3.63, 3.8) is 0 Å². The molecule has 8 heteroatoms. The van der Waals surface area contributed by atoms with E-state index in [0.717, 1.165) is 0 Å². The van der Waals surface area contributed by atoms with Crippen LogP contribution in [0.3, 0.4) is 0 Å². The van der Waals surface area contributed by atoms with Crippen molar-refractivity contribution in [2.75, 3.05) is 11.5 Å². The van der Waals surface area contributed by atoms with Crippen LogP contribution in [0.25, 0.3) is 0 Å². The third kappa shape index (κ3) is 24.7. The molecule has 16 heavy (non-hydrogen) atoms. The summed E-state index contributed by atoms with van der Waals surface area (Å²) in [5.74, 6) is 7.28. The Morgan fingerprint density at radius 3 is 1.31 bits per heavy atom. The molecule has 0 saturated carbocycles. The molecule has 103 valence electrons. The molecule has 0 aromatic heterocycles. The third-order valence-corrected chi connectivity index (χ3v) is 3.40. The molecule has 0 spiro atoms. The Labute approximate surface area is 123 Å². The Bertz CT molecular complexity index is 109. The predicted molar refractivity (Wildman–Crippen MR) is 54.2 cm³/mol. The summed E-state index contributed by atoms with van der Waals surface area (Å²) >= 11 is 3.90. The van der Waals surface area contributed by atoms with Crippen LogP contribution in [-0.2, 0) is 22.4 Å². The second-order valence-electron chi connectivity index (χ2n) is 2.76. The van der Waals surface area contributed by atoms with E-state index >= 15 is 0 Å². The molecule has 2 aliphatic heterocycles. The fourth-order valence-corrected chi connectivity index (χ4v) is 2.50. The van der Waals surface area contributed by atoms with Crippen LogP contribution in [0.15, 0.2) is 0 Å². The Morgan fingerprint density at radius 2 is 1.25 bits per heavy atom. The van der Waals surface area contributed by atoms with E-state index in [-0.39, 0.29) is 22.4 Å². The molecule has 2 aliphatic rings. The van der Waals surface area contributed by atoms with Crippen molar-refractivity contribution in [2.24, 2.45) is 0 Å². The SMILES string of the molecule is [Au].[CH-]1CCCS1.[CH-]1CCCS1.[O-][Cl+3]([O-])([O-])O. The molecule has 2 rings (SSSR count). The molecule has 4 nitrogen and oxygen atoms in total. The molecular formula is C8H15AuClO4S2-2. The fraction of sp³-hybridized carbons (Fsp3) is 0.750. The second-order valence-corrected chi connectivity index (χ2v) is 5.70. The molecule has 0 aliphatic carbocycles. The standard InChI is InChI=1S/2C4H7S.Au.ClHO4/c2*1-2-4-5-3-1;;2-1(3,4)5/h2*3H,1-2,4H2;;(H,2,3,4,5)/q2*-1;;. The van der Waals surface area contributed by atoms with Crippen LogP contribution in [-0.4, -0.2) is 16.2 Å². The number of thioether (sulfide) groups is 2. The Balaban J connectivity index is 0. The first-order valence-electron chi connectivity index (χ1n) is 4.50. The molecule has 2 fully saturated rings. The zero-order valence-corrected chi connectivity index (χ0v) is 13.1. The first-order valence-corrected chi connectivity index (χ1v) is 7.86. The first-order chi connectivity index (χ1) is 7.00. The predicted octanol–water partition coefficient (Wildman–Crippen LogP) is -0.776. The van der Waals surface area contributed by atoms with Crippen LogP contribution < -0.4 is 14.0 Å². The summed E-state index contributed by atoms with van der Waals surface area (Å²) in [5.41, 5.74) is 0. The van der Waals surface area contributed by atoms with Gasteiger partial charge >= 0.3 is 0 Å². The van der Waals surface area contributed by atoms with Gasteiger partial charge in [-0.2, -0.15) is 26.8 Å². The maximum absolute atomic E-state index is 8.60. The average molecular weight is 472 g/mol. The monoisotopic (exact) mass is 471 g/mol. The van der Waals surface area contributed by atoms with E-state index in [0.29, 0.717) is 0 Å². The molecule has 0 aromatic rings. The molecule has 0 aromatic carbocycles. The smallest absolute Gasteiger partial charge is 0.0777 e. The quantitative estimate of drug-likeness (QED) is 0.368. The molecule has 0 unspecified atom stereocenters. The van der Waals surface area contributed by atoms with Gasteiger partial charge in [0.05, 0.1) is 14.9 Å². The maximum atomic E-state index is 8.60.